The molecule has 1 aliphatic carbocycles. The average molecular weight is 442 g/mol. The van der Waals surface area contributed by atoms with Crippen molar-refractivity contribution in [3.05, 3.63) is 77.9 Å². The second kappa shape index (κ2) is 8.88. The van der Waals surface area contributed by atoms with Crippen molar-refractivity contribution in [3.8, 4) is 26.9 Å². The van der Waals surface area contributed by atoms with Crippen LogP contribution in [0.15, 0.2) is 66.0 Å². The molecule has 6 nitrogen and oxygen atoms in total. The van der Waals surface area contributed by atoms with Gasteiger partial charge in [-0.25, -0.2) is 9.97 Å². The van der Waals surface area contributed by atoms with Crippen molar-refractivity contribution in [2.24, 2.45) is 5.10 Å². The number of thiazole rings is 1. The highest BCUT2D eigenvalue weighted by Crippen LogP contribution is 2.35. The fraction of sp³-hybridized carbons (Fsp3) is 0.200. The number of aryl methyl sites for hydroxylation is 2. The Bertz CT molecular complexity index is 1280. The number of pyridine rings is 2. The predicted octanol–water partition coefficient (Wildman–Crippen LogP) is 5.74. The first-order chi connectivity index (χ1) is 15.7. The van der Waals surface area contributed by atoms with Gasteiger partial charge in [-0.2, -0.15) is 5.10 Å². The molecule has 0 saturated heterocycles. The van der Waals surface area contributed by atoms with Crippen molar-refractivity contribution < 1.29 is 4.74 Å². The molecule has 0 radical (unpaired) electrons. The van der Waals surface area contributed by atoms with Crippen LogP contribution in [-0.2, 0) is 6.42 Å². The van der Waals surface area contributed by atoms with E-state index in [1.807, 2.05) is 49.5 Å². The number of hydrazone groups is 1. The zero-order chi connectivity index (χ0) is 21.9. The molecule has 32 heavy (non-hydrogen) atoms. The molecule has 1 aromatic carbocycles. The van der Waals surface area contributed by atoms with Crippen LogP contribution in [0.3, 0.4) is 0 Å². The topological polar surface area (TPSA) is 72.3 Å². The summed E-state index contributed by atoms with van der Waals surface area (Å²) in [5.41, 5.74) is 10.1. The summed E-state index contributed by atoms with van der Waals surface area (Å²) in [6.45, 7) is 2.03. The Morgan fingerprint density at radius 1 is 1.03 bits per heavy atom. The van der Waals surface area contributed by atoms with Gasteiger partial charge >= 0.3 is 0 Å². The Labute approximate surface area is 191 Å². The molecule has 0 bridgehead atoms. The number of anilines is 1. The van der Waals surface area contributed by atoms with E-state index in [1.54, 1.807) is 24.6 Å². The van der Waals surface area contributed by atoms with E-state index in [1.165, 1.54) is 5.56 Å². The fourth-order valence-corrected chi connectivity index (χ4v) is 4.88. The summed E-state index contributed by atoms with van der Waals surface area (Å²) in [5.74, 6) is 0.762. The Morgan fingerprint density at radius 3 is 2.78 bits per heavy atom. The minimum absolute atomic E-state index is 0.762. The Morgan fingerprint density at radius 2 is 1.94 bits per heavy atom. The van der Waals surface area contributed by atoms with E-state index in [-0.39, 0.29) is 0 Å². The van der Waals surface area contributed by atoms with Crippen molar-refractivity contribution in [2.45, 2.75) is 26.2 Å². The van der Waals surface area contributed by atoms with E-state index in [0.717, 1.165) is 68.9 Å². The van der Waals surface area contributed by atoms with Gasteiger partial charge in [0, 0.05) is 18.0 Å². The molecule has 0 atom stereocenters. The van der Waals surface area contributed by atoms with Gasteiger partial charge in [0.2, 0.25) is 0 Å². The van der Waals surface area contributed by atoms with E-state index in [9.17, 15) is 0 Å². The summed E-state index contributed by atoms with van der Waals surface area (Å²) in [4.78, 5) is 15.1. The van der Waals surface area contributed by atoms with Crippen LogP contribution in [-0.4, -0.2) is 27.8 Å². The number of aromatic nitrogens is 3. The zero-order valence-electron chi connectivity index (χ0n) is 18.0. The fourth-order valence-electron chi connectivity index (χ4n) is 3.85. The number of ether oxygens (including phenoxy) is 1. The van der Waals surface area contributed by atoms with Crippen LogP contribution in [0.5, 0.6) is 5.75 Å². The van der Waals surface area contributed by atoms with E-state index < -0.39 is 0 Å². The third-order valence-corrected chi connectivity index (χ3v) is 6.70. The molecule has 3 heterocycles. The molecule has 0 unspecified atom stereocenters. The van der Waals surface area contributed by atoms with Crippen LogP contribution >= 0.6 is 11.3 Å². The molecule has 3 aromatic heterocycles. The number of rotatable bonds is 5. The summed E-state index contributed by atoms with van der Waals surface area (Å²) in [6.07, 6.45) is 6.57. The Kier molecular flexibility index (Phi) is 5.64. The smallest absolute Gasteiger partial charge is 0.143 e. The SMILES string of the molecule is COc1ccccc1N/N=C1\CCCc2ccc(-c3sc(-c4cccnc4)nc3C)nc21. The molecule has 4 aromatic rings. The summed E-state index contributed by atoms with van der Waals surface area (Å²) >= 11 is 1.65. The normalized spacial score (nSPS) is 14.2. The molecule has 160 valence electrons. The highest BCUT2D eigenvalue weighted by atomic mass is 32.1. The lowest BCUT2D eigenvalue weighted by Crippen LogP contribution is -2.16. The Hall–Kier alpha value is -3.58. The zero-order valence-corrected chi connectivity index (χ0v) is 18.8. The molecule has 0 amide bonds. The lowest BCUT2D eigenvalue weighted by molar-refractivity contribution is 0.416. The molecule has 0 spiro atoms. The number of nitrogens with zero attached hydrogens (tertiary/aromatic N) is 4. The number of para-hydroxylation sites is 2. The summed E-state index contributed by atoms with van der Waals surface area (Å²) < 4.78 is 5.43. The minimum Gasteiger partial charge on any atom is -0.495 e. The standard InChI is InChI=1S/C25H23N5OS/c1-16-24(32-25(27-16)18-8-6-14-26-15-18)21-13-12-17-7-5-10-20(23(17)28-21)30-29-19-9-3-4-11-22(19)31-2/h3-4,6,8-9,11-15,29H,5,7,10H2,1-2H3/b30-20+. The molecule has 0 aliphatic heterocycles. The molecule has 7 heteroatoms. The third-order valence-electron chi connectivity index (χ3n) is 5.47. The van der Waals surface area contributed by atoms with E-state index >= 15 is 0 Å². The van der Waals surface area contributed by atoms with Crippen LogP contribution < -0.4 is 10.2 Å². The minimum atomic E-state index is 0.762. The van der Waals surface area contributed by atoms with E-state index in [4.69, 9.17) is 19.8 Å². The monoisotopic (exact) mass is 441 g/mol. The molecular formula is C25H23N5OS. The lowest BCUT2D eigenvalue weighted by Gasteiger charge is -2.18. The van der Waals surface area contributed by atoms with Crippen molar-refractivity contribution in [1.82, 2.24) is 15.0 Å². The van der Waals surface area contributed by atoms with Gasteiger partial charge in [-0.1, -0.05) is 18.2 Å². The van der Waals surface area contributed by atoms with Crippen molar-refractivity contribution in [1.29, 1.82) is 0 Å². The van der Waals surface area contributed by atoms with Crippen molar-refractivity contribution in [2.75, 3.05) is 12.5 Å². The van der Waals surface area contributed by atoms with Crippen molar-refractivity contribution >= 4 is 22.7 Å². The van der Waals surface area contributed by atoms with Gasteiger partial charge in [-0.15, -0.1) is 11.3 Å². The van der Waals surface area contributed by atoms with Gasteiger partial charge in [0.05, 0.1) is 40.5 Å². The predicted molar refractivity (Wildman–Crippen MR) is 129 cm³/mol. The maximum Gasteiger partial charge on any atom is 0.143 e. The van der Waals surface area contributed by atoms with E-state index in [0.29, 0.717) is 0 Å². The number of nitrogens with one attached hydrogen (secondary N) is 1. The number of fused-ring (bicyclic) bond motifs is 1. The highest BCUT2D eigenvalue weighted by molar-refractivity contribution is 7.18. The van der Waals surface area contributed by atoms with Gasteiger partial charge in [-0.3, -0.25) is 10.4 Å². The van der Waals surface area contributed by atoms with Gasteiger partial charge in [0.1, 0.15) is 10.8 Å². The first-order valence-corrected chi connectivity index (χ1v) is 11.4. The van der Waals surface area contributed by atoms with Crippen LogP contribution in [0, 0.1) is 6.92 Å². The second-order valence-electron chi connectivity index (χ2n) is 7.60. The summed E-state index contributed by atoms with van der Waals surface area (Å²) in [7, 11) is 1.66. The number of hydrogen-bond acceptors (Lipinski definition) is 7. The first-order valence-electron chi connectivity index (χ1n) is 10.6. The second-order valence-corrected chi connectivity index (χ2v) is 8.60. The third kappa shape index (κ3) is 3.99. The number of hydrogen-bond donors (Lipinski definition) is 1. The molecule has 1 aliphatic rings. The molecule has 1 N–H and O–H groups in total. The average Bonchev–Trinajstić information content (AvgIpc) is 3.24. The van der Waals surface area contributed by atoms with Crippen molar-refractivity contribution in [3.63, 3.8) is 0 Å². The van der Waals surface area contributed by atoms with Crippen LogP contribution in [0.1, 0.15) is 29.8 Å². The van der Waals surface area contributed by atoms with Crippen LogP contribution in [0.25, 0.3) is 21.1 Å². The summed E-state index contributed by atoms with van der Waals surface area (Å²) in [6, 6.07) is 16.0. The highest BCUT2D eigenvalue weighted by Gasteiger charge is 2.20. The van der Waals surface area contributed by atoms with Gasteiger partial charge < -0.3 is 4.74 Å². The van der Waals surface area contributed by atoms with Crippen LogP contribution in [0.2, 0.25) is 0 Å². The Balaban J connectivity index is 1.49. The number of methoxy groups -OCH3 is 1. The quantitative estimate of drug-likeness (QED) is 0.400. The maximum atomic E-state index is 5.43. The number of benzene rings is 1. The van der Waals surface area contributed by atoms with Gasteiger partial charge in [0.15, 0.2) is 0 Å². The molecule has 0 fully saturated rings. The lowest BCUT2D eigenvalue weighted by atomic mass is 9.94. The molecule has 0 saturated carbocycles. The first kappa shape index (κ1) is 20.3. The van der Waals surface area contributed by atoms with Crippen LogP contribution in [0.4, 0.5) is 5.69 Å². The maximum absolute atomic E-state index is 5.43. The van der Waals surface area contributed by atoms with Gasteiger partial charge in [0.25, 0.3) is 0 Å². The van der Waals surface area contributed by atoms with Gasteiger partial charge in [-0.05, 0) is 62.1 Å². The molecule has 5 rings (SSSR count). The molecular weight excluding hydrogens is 418 g/mol. The summed E-state index contributed by atoms with van der Waals surface area (Å²) in [5, 5.41) is 5.67. The largest absolute Gasteiger partial charge is 0.495 e. The van der Waals surface area contributed by atoms with E-state index in [2.05, 4.69) is 22.5 Å².